The minimum atomic E-state index is -4.44. The Morgan fingerprint density at radius 2 is 1.84 bits per heavy atom. The molecule has 0 aliphatic carbocycles. The van der Waals surface area contributed by atoms with Crippen LogP contribution >= 0.6 is 0 Å². The van der Waals surface area contributed by atoms with Crippen LogP contribution in [0.2, 0.25) is 25.7 Å². The van der Waals surface area contributed by atoms with Gasteiger partial charge in [0.15, 0.2) is 6.61 Å². The van der Waals surface area contributed by atoms with Crippen molar-refractivity contribution in [3.05, 3.63) is 64.2 Å². The van der Waals surface area contributed by atoms with E-state index in [1.165, 1.54) is 10.7 Å². The standard InChI is InChI=1S/C29H37F3N6O4Si/c1-21(23-6-5-7-24-25(23)18-34-38(28(24)40)20-41-14-15-43(2,3)4)16-35-42-19-27(39)37-12-10-36(11-13-37)26-9-8-22(17-33-26)29(30,31)32/h5-9,16-18,21H,10-15,19-20H2,1-4H3/b35-16+. The van der Waals surface area contributed by atoms with Gasteiger partial charge in [0.1, 0.15) is 12.5 Å². The number of nitrogens with zero attached hydrogens (tertiary/aromatic N) is 6. The van der Waals surface area contributed by atoms with Gasteiger partial charge in [0.25, 0.3) is 11.5 Å². The molecule has 0 N–H and O–H groups in total. The molecule has 43 heavy (non-hydrogen) atoms. The van der Waals surface area contributed by atoms with E-state index in [0.29, 0.717) is 49.4 Å². The summed E-state index contributed by atoms with van der Waals surface area (Å²) in [5.74, 6) is -0.0290. The maximum Gasteiger partial charge on any atom is 0.417 e. The summed E-state index contributed by atoms with van der Waals surface area (Å²) in [7, 11) is -1.23. The Bertz CT molecular complexity index is 1480. The molecule has 2 aromatic heterocycles. The third kappa shape index (κ3) is 8.63. The van der Waals surface area contributed by atoms with Crippen LogP contribution < -0.4 is 10.5 Å². The van der Waals surface area contributed by atoms with Crippen LogP contribution in [0.15, 0.2) is 52.7 Å². The highest BCUT2D eigenvalue weighted by molar-refractivity contribution is 6.76. The van der Waals surface area contributed by atoms with Gasteiger partial charge in [-0.25, -0.2) is 9.67 Å². The van der Waals surface area contributed by atoms with Crippen molar-refractivity contribution in [2.45, 2.75) is 51.4 Å². The molecule has 1 fully saturated rings. The van der Waals surface area contributed by atoms with Crippen LogP contribution in [0.4, 0.5) is 19.0 Å². The lowest BCUT2D eigenvalue weighted by Gasteiger charge is -2.35. The molecule has 3 aromatic rings. The zero-order valence-electron chi connectivity index (χ0n) is 24.8. The molecule has 1 aromatic carbocycles. The Morgan fingerprint density at radius 3 is 2.49 bits per heavy atom. The summed E-state index contributed by atoms with van der Waals surface area (Å²) in [5.41, 5.74) is -0.181. The number of carbonyl (C=O) groups is 1. The number of halogens is 3. The molecule has 0 bridgehead atoms. The number of amides is 1. The van der Waals surface area contributed by atoms with Gasteiger partial charge < -0.3 is 19.4 Å². The summed E-state index contributed by atoms with van der Waals surface area (Å²) >= 11 is 0. The second-order valence-corrected chi connectivity index (χ2v) is 17.3. The molecular weight excluding hydrogens is 581 g/mol. The minimum absolute atomic E-state index is 0.101. The Hall–Kier alpha value is -3.78. The van der Waals surface area contributed by atoms with Crippen LogP contribution in [0.25, 0.3) is 10.8 Å². The van der Waals surface area contributed by atoms with Crippen LogP contribution in [-0.4, -0.2) is 79.3 Å². The fourth-order valence-electron chi connectivity index (χ4n) is 4.58. The molecule has 1 amide bonds. The van der Waals surface area contributed by atoms with Crippen LogP contribution in [-0.2, 0) is 27.3 Å². The third-order valence-electron chi connectivity index (χ3n) is 7.21. The highest BCUT2D eigenvalue weighted by Gasteiger charge is 2.31. The van der Waals surface area contributed by atoms with Crippen molar-refractivity contribution in [3.8, 4) is 0 Å². The van der Waals surface area contributed by atoms with Gasteiger partial charge >= 0.3 is 6.18 Å². The fourth-order valence-corrected chi connectivity index (χ4v) is 5.33. The summed E-state index contributed by atoms with van der Waals surface area (Å²) in [5, 5.41) is 9.53. The fraction of sp³-hybridized carbons (Fsp3) is 0.483. The average molecular weight is 619 g/mol. The molecule has 0 saturated carbocycles. The van der Waals surface area contributed by atoms with E-state index in [1.807, 2.05) is 24.0 Å². The van der Waals surface area contributed by atoms with Crippen LogP contribution in [0.5, 0.6) is 0 Å². The van der Waals surface area contributed by atoms with E-state index >= 15 is 0 Å². The Labute approximate surface area is 249 Å². The van der Waals surface area contributed by atoms with E-state index in [1.54, 1.807) is 23.4 Å². The van der Waals surface area contributed by atoms with Crippen LogP contribution in [0.1, 0.15) is 24.0 Å². The molecule has 10 nitrogen and oxygen atoms in total. The number of benzene rings is 1. The van der Waals surface area contributed by atoms with Gasteiger partial charge in [-0.3, -0.25) is 9.59 Å². The number of hydrogen-bond donors (Lipinski definition) is 0. The highest BCUT2D eigenvalue weighted by atomic mass is 28.3. The van der Waals surface area contributed by atoms with Crippen molar-refractivity contribution in [1.82, 2.24) is 19.7 Å². The van der Waals surface area contributed by atoms with E-state index in [2.05, 4.69) is 34.9 Å². The minimum Gasteiger partial charge on any atom is -0.386 e. The van der Waals surface area contributed by atoms with Gasteiger partial charge in [-0.05, 0) is 29.8 Å². The highest BCUT2D eigenvalue weighted by Crippen LogP contribution is 2.29. The van der Waals surface area contributed by atoms with E-state index in [-0.39, 0.29) is 30.7 Å². The summed E-state index contributed by atoms with van der Waals surface area (Å²) in [4.78, 5) is 38.3. The predicted molar refractivity (Wildman–Crippen MR) is 161 cm³/mol. The third-order valence-corrected chi connectivity index (χ3v) is 8.91. The number of hydrogen-bond acceptors (Lipinski definition) is 8. The van der Waals surface area contributed by atoms with Gasteiger partial charge in [0.2, 0.25) is 0 Å². The molecule has 1 atom stereocenters. The van der Waals surface area contributed by atoms with Gasteiger partial charge in [-0.15, -0.1) is 0 Å². The lowest BCUT2D eigenvalue weighted by molar-refractivity contribution is -0.138. The molecule has 1 unspecified atom stereocenters. The second kappa shape index (κ2) is 13.7. The Balaban J connectivity index is 1.27. The molecule has 0 radical (unpaired) electrons. The first-order valence-corrected chi connectivity index (χ1v) is 17.8. The molecule has 14 heteroatoms. The van der Waals surface area contributed by atoms with Crippen molar-refractivity contribution in [3.63, 3.8) is 0 Å². The van der Waals surface area contributed by atoms with Gasteiger partial charge in [-0.2, -0.15) is 18.3 Å². The quantitative estimate of drug-likeness (QED) is 0.134. The zero-order chi connectivity index (χ0) is 31.2. The number of alkyl halides is 3. The van der Waals surface area contributed by atoms with Gasteiger partial charge in [0.05, 0.1) is 23.4 Å². The number of ether oxygens (including phenoxy) is 1. The number of carbonyl (C=O) groups excluding carboxylic acids is 1. The first-order valence-electron chi connectivity index (χ1n) is 14.1. The van der Waals surface area contributed by atoms with E-state index in [9.17, 15) is 22.8 Å². The number of pyridine rings is 1. The smallest absolute Gasteiger partial charge is 0.386 e. The van der Waals surface area contributed by atoms with Crippen molar-refractivity contribution < 1.29 is 27.5 Å². The number of anilines is 1. The largest absolute Gasteiger partial charge is 0.417 e. The molecule has 232 valence electrons. The summed E-state index contributed by atoms with van der Waals surface area (Å²) < 4.78 is 45.4. The summed E-state index contributed by atoms with van der Waals surface area (Å²) in [6, 6.07) is 8.81. The summed E-state index contributed by atoms with van der Waals surface area (Å²) in [6.45, 7) is 10.8. The molecule has 4 rings (SSSR count). The summed E-state index contributed by atoms with van der Waals surface area (Å²) in [6.07, 6.45) is -0.394. The van der Waals surface area contributed by atoms with E-state index < -0.39 is 19.8 Å². The van der Waals surface area contributed by atoms with Crippen molar-refractivity contribution in [2.24, 2.45) is 5.16 Å². The van der Waals surface area contributed by atoms with E-state index in [4.69, 9.17) is 9.57 Å². The van der Waals surface area contributed by atoms with Gasteiger partial charge in [-0.1, -0.05) is 43.9 Å². The number of piperazine rings is 1. The van der Waals surface area contributed by atoms with Gasteiger partial charge in [0, 0.05) is 58.4 Å². The molecule has 1 saturated heterocycles. The second-order valence-electron chi connectivity index (χ2n) is 11.7. The van der Waals surface area contributed by atoms with Crippen molar-refractivity contribution >= 4 is 36.8 Å². The first kappa shape index (κ1) is 32.1. The number of oxime groups is 1. The first-order chi connectivity index (χ1) is 20.3. The molecule has 0 spiro atoms. The average Bonchev–Trinajstić information content (AvgIpc) is 2.97. The lowest BCUT2D eigenvalue weighted by Crippen LogP contribution is -2.49. The zero-order valence-corrected chi connectivity index (χ0v) is 25.8. The van der Waals surface area contributed by atoms with Crippen LogP contribution in [0.3, 0.4) is 0 Å². The van der Waals surface area contributed by atoms with Crippen molar-refractivity contribution in [2.75, 3.05) is 44.3 Å². The maximum atomic E-state index is 13.0. The molecule has 1 aliphatic rings. The van der Waals surface area contributed by atoms with Crippen LogP contribution in [0, 0.1) is 0 Å². The number of aromatic nitrogens is 3. The molecule has 3 heterocycles. The predicted octanol–water partition coefficient (Wildman–Crippen LogP) is 4.58. The number of fused-ring (bicyclic) bond motifs is 1. The lowest BCUT2D eigenvalue weighted by atomic mass is 9.97. The number of rotatable bonds is 11. The monoisotopic (exact) mass is 618 g/mol. The molecule has 1 aliphatic heterocycles. The maximum absolute atomic E-state index is 13.0. The molecular formula is C29H37F3N6O4Si. The SMILES string of the molecule is CC(/C=N/OCC(=O)N1CCN(c2ccc(C(F)(F)F)cn2)CC1)c1cccc2c(=O)n(COCC[Si](C)(C)C)ncc12. The van der Waals surface area contributed by atoms with E-state index in [0.717, 1.165) is 23.9 Å². The Morgan fingerprint density at radius 1 is 1.09 bits per heavy atom. The topological polar surface area (TPSA) is 102 Å². The van der Waals surface area contributed by atoms with Crippen molar-refractivity contribution in [1.29, 1.82) is 0 Å². The Kier molecular flexibility index (Phi) is 10.2. The normalized spacial score (nSPS) is 15.3.